The van der Waals surface area contributed by atoms with E-state index in [1.54, 1.807) is 0 Å². The van der Waals surface area contributed by atoms with Crippen LogP contribution in [0.5, 0.6) is 11.5 Å². The molecule has 0 unspecified atom stereocenters. The summed E-state index contributed by atoms with van der Waals surface area (Å²) < 4.78 is 6.00. The molecule has 2 N–H and O–H groups in total. The number of nitrogen functional groups attached to an aromatic ring is 1. The second-order valence-corrected chi connectivity index (χ2v) is 5.28. The SMILES string of the molecule is Cc1cc2c(cc1N)Oc1cc(N(C)C)ccc1C2. The minimum absolute atomic E-state index is 0.783. The van der Waals surface area contributed by atoms with Gasteiger partial charge >= 0.3 is 0 Å². The molecule has 0 amide bonds. The first kappa shape index (κ1) is 11.9. The number of aryl methyl sites for hydroxylation is 1. The molecule has 0 saturated heterocycles. The van der Waals surface area contributed by atoms with Gasteiger partial charge in [-0.2, -0.15) is 0 Å². The highest BCUT2D eigenvalue weighted by atomic mass is 16.5. The van der Waals surface area contributed by atoms with Crippen LogP contribution in [0.2, 0.25) is 0 Å². The number of ether oxygens (including phenoxy) is 1. The summed E-state index contributed by atoms with van der Waals surface area (Å²) in [5, 5.41) is 0. The van der Waals surface area contributed by atoms with Crippen LogP contribution in [0.1, 0.15) is 16.7 Å². The minimum atomic E-state index is 0.783. The highest BCUT2D eigenvalue weighted by Gasteiger charge is 2.18. The summed E-state index contributed by atoms with van der Waals surface area (Å²) in [6.07, 6.45) is 0.902. The summed E-state index contributed by atoms with van der Waals surface area (Å²) in [5.74, 6) is 1.81. The summed E-state index contributed by atoms with van der Waals surface area (Å²) in [6.45, 7) is 2.03. The van der Waals surface area contributed by atoms with Gasteiger partial charge in [-0.1, -0.05) is 6.07 Å². The second-order valence-electron chi connectivity index (χ2n) is 5.28. The van der Waals surface area contributed by atoms with Gasteiger partial charge in [0.25, 0.3) is 0 Å². The summed E-state index contributed by atoms with van der Waals surface area (Å²) in [5.41, 5.74) is 11.4. The first-order chi connectivity index (χ1) is 9.04. The van der Waals surface area contributed by atoms with Crippen LogP contribution >= 0.6 is 0 Å². The predicted molar refractivity (Wildman–Crippen MR) is 79.2 cm³/mol. The van der Waals surface area contributed by atoms with E-state index >= 15 is 0 Å². The zero-order valence-corrected chi connectivity index (χ0v) is 11.5. The van der Waals surface area contributed by atoms with Gasteiger partial charge in [-0.15, -0.1) is 0 Å². The number of rotatable bonds is 1. The Kier molecular flexibility index (Phi) is 2.63. The highest BCUT2D eigenvalue weighted by molar-refractivity contribution is 5.62. The molecule has 0 spiro atoms. The second kappa shape index (κ2) is 4.19. The molecule has 0 atom stereocenters. The van der Waals surface area contributed by atoms with Crippen molar-refractivity contribution in [1.29, 1.82) is 0 Å². The number of benzene rings is 2. The molecular weight excluding hydrogens is 236 g/mol. The molecule has 0 radical (unpaired) electrons. The molecule has 1 heterocycles. The zero-order chi connectivity index (χ0) is 13.6. The first-order valence-corrected chi connectivity index (χ1v) is 6.41. The predicted octanol–water partition coefficient (Wildman–Crippen LogP) is 3.34. The van der Waals surface area contributed by atoms with E-state index in [1.807, 2.05) is 27.1 Å². The first-order valence-electron chi connectivity index (χ1n) is 6.41. The number of anilines is 2. The molecule has 2 aromatic carbocycles. The number of hydrogen-bond acceptors (Lipinski definition) is 3. The number of nitrogens with zero attached hydrogens (tertiary/aromatic N) is 1. The Labute approximate surface area is 113 Å². The average Bonchev–Trinajstić information content (AvgIpc) is 2.37. The van der Waals surface area contributed by atoms with Crippen LogP contribution in [0.25, 0.3) is 0 Å². The molecule has 2 aromatic rings. The van der Waals surface area contributed by atoms with E-state index in [2.05, 4.69) is 29.2 Å². The quantitative estimate of drug-likeness (QED) is 0.677. The van der Waals surface area contributed by atoms with Gasteiger partial charge < -0.3 is 15.4 Å². The van der Waals surface area contributed by atoms with E-state index in [4.69, 9.17) is 10.5 Å². The van der Waals surface area contributed by atoms with Crippen LogP contribution in [-0.2, 0) is 6.42 Å². The Morgan fingerprint density at radius 1 is 1.05 bits per heavy atom. The molecule has 0 fully saturated rings. The number of hydrogen-bond donors (Lipinski definition) is 1. The van der Waals surface area contributed by atoms with E-state index < -0.39 is 0 Å². The average molecular weight is 254 g/mol. The van der Waals surface area contributed by atoms with Crippen LogP contribution in [0.15, 0.2) is 30.3 Å². The molecule has 3 rings (SSSR count). The van der Waals surface area contributed by atoms with Crippen molar-refractivity contribution in [1.82, 2.24) is 0 Å². The molecule has 3 nitrogen and oxygen atoms in total. The van der Waals surface area contributed by atoms with E-state index in [1.165, 1.54) is 11.1 Å². The third-order valence-corrected chi connectivity index (χ3v) is 3.62. The lowest BCUT2D eigenvalue weighted by Crippen LogP contribution is -2.10. The summed E-state index contributed by atoms with van der Waals surface area (Å²) in [7, 11) is 4.06. The van der Waals surface area contributed by atoms with Crippen molar-refractivity contribution in [2.75, 3.05) is 24.7 Å². The van der Waals surface area contributed by atoms with Crippen LogP contribution < -0.4 is 15.4 Å². The van der Waals surface area contributed by atoms with Crippen LogP contribution in [0.4, 0.5) is 11.4 Å². The molecule has 1 aliphatic rings. The molecule has 3 heteroatoms. The van der Waals surface area contributed by atoms with Crippen LogP contribution in [0, 0.1) is 6.92 Å². The number of fused-ring (bicyclic) bond motifs is 2. The lowest BCUT2D eigenvalue weighted by molar-refractivity contribution is 0.460. The van der Waals surface area contributed by atoms with Gasteiger partial charge in [-0.05, 0) is 35.7 Å². The normalized spacial score (nSPS) is 12.4. The molecule has 98 valence electrons. The fourth-order valence-corrected chi connectivity index (χ4v) is 2.38. The Hall–Kier alpha value is -2.16. The minimum Gasteiger partial charge on any atom is -0.457 e. The van der Waals surface area contributed by atoms with Gasteiger partial charge in [0.2, 0.25) is 0 Å². The lowest BCUT2D eigenvalue weighted by Gasteiger charge is -2.23. The van der Waals surface area contributed by atoms with E-state index in [0.717, 1.165) is 34.9 Å². The van der Waals surface area contributed by atoms with Crippen molar-refractivity contribution in [3.05, 3.63) is 47.0 Å². The van der Waals surface area contributed by atoms with Crippen molar-refractivity contribution < 1.29 is 4.74 Å². The Morgan fingerprint density at radius 3 is 2.53 bits per heavy atom. The third kappa shape index (κ3) is 2.01. The fraction of sp³-hybridized carbons (Fsp3) is 0.250. The molecule has 19 heavy (non-hydrogen) atoms. The molecule has 0 aliphatic carbocycles. The maximum Gasteiger partial charge on any atom is 0.133 e. The fourth-order valence-electron chi connectivity index (χ4n) is 2.38. The largest absolute Gasteiger partial charge is 0.457 e. The molecular formula is C16H18N2O. The third-order valence-electron chi connectivity index (χ3n) is 3.62. The van der Waals surface area contributed by atoms with Crippen molar-refractivity contribution in [2.45, 2.75) is 13.3 Å². The highest BCUT2D eigenvalue weighted by Crippen LogP contribution is 2.39. The molecule has 0 bridgehead atoms. The van der Waals surface area contributed by atoms with Gasteiger partial charge in [0.15, 0.2) is 0 Å². The van der Waals surface area contributed by atoms with Crippen molar-refractivity contribution in [3.63, 3.8) is 0 Å². The topological polar surface area (TPSA) is 38.5 Å². The zero-order valence-electron chi connectivity index (χ0n) is 11.5. The Balaban J connectivity index is 2.04. The lowest BCUT2D eigenvalue weighted by atomic mass is 9.97. The Morgan fingerprint density at radius 2 is 1.79 bits per heavy atom. The van der Waals surface area contributed by atoms with E-state index in [-0.39, 0.29) is 0 Å². The molecule has 1 aliphatic heterocycles. The Bertz CT molecular complexity index is 647. The monoisotopic (exact) mass is 254 g/mol. The standard InChI is InChI=1S/C16H18N2O/c1-10-6-12-7-11-4-5-13(18(2)3)8-15(11)19-16(12)9-14(10)17/h4-6,8-9H,7,17H2,1-3H3. The van der Waals surface area contributed by atoms with Crippen LogP contribution in [-0.4, -0.2) is 14.1 Å². The smallest absolute Gasteiger partial charge is 0.133 e. The van der Waals surface area contributed by atoms with Crippen molar-refractivity contribution >= 4 is 11.4 Å². The van der Waals surface area contributed by atoms with Gasteiger partial charge in [-0.3, -0.25) is 0 Å². The molecule has 0 aromatic heterocycles. The summed E-state index contributed by atoms with van der Waals surface area (Å²) in [4.78, 5) is 2.07. The van der Waals surface area contributed by atoms with Gasteiger partial charge in [0, 0.05) is 44.0 Å². The molecule has 0 saturated carbocycles. The van der Waals surface area contributed by atoms with Crippen molar-refractivity contribution in [2.24, 2.45) is 0 Å². The number of nitrogens with two attached hydrogens (primary N) is 1. The van der Waals surface area contributed by atoms with Gasteiger partial charge in [0.05, 0.1) is 0 Å². The van der Waals surface area contributed by atoms with Crippen LogP contribution in [0.3, 0.4) is 0 Å². The van der Waals surface area contributed by atoms with E-state index in [9.17, 15) is 0 Å². The maximum atomic E-state index is 6.00. The van der Waals surface area contributed by atoms with Crippen molar-refractivity contribution in [3.8, 4) is 11.5 Å². The van der Waals surface area contributed by atoms with Gasteiger partial charge in [0.1, 0.15) is 11.5 Å². The maximum absolute atomic E-state index is 6.00. The van der Waals surface area contributed by atoms with Gasteiger partial charge in [-0.25, -0.2) is 0 Å². The van der Waals surface area contributed by atoms with E-state index in [0.29, 0.717) is 0 Å². The summed E-state index contributed by atoms with van der Waals surface area (Å²) >= 11 is 0. The summed E-state index contributed by atoms with van der Waals surface area (Å²) in [6, 6.07) is 10.4.